The molecule has 0 aromatic heterocycles. The standard InChI is InChI=1S/C19H23NO4/c1-12-18(19(22)24-13-7-3-4-8-13)15(11-17(21)20-12)14-9-5-6-10-16(14)23-2/h5-6,9-10,13,15H,3-4,7-8,11H2,1-2H3,(H,20,21)/t15-/m0/s1. The molecule has 1 heterocycles. The fraction of sp³-hybridized carbons (Fsp3) is 0.474. The van der Waals surface area contributed by atoms with Crippen molar-refractivity contribution >= 4 is 11.9 Å². The van der Waals surface area contributed by atoms with Gasteiger partial charge >= 0.3 is 5.97 Å². The molecule has 128 valence electrons. The van der Waals surface area contributed by atoms with Crippen LogP contribution in [0.5, 0.6) is 5.75 Å². The van der Waals surface area contributed by atoms with Crippen LogP contribution in [0.1, 0.15) is 50.5 Å². The Morgan fingerprint density at radius 2 is 1.92 bits per heavy atom. The van der Waals surface area contributed by atoms with Crippen molar-refractivity contribution in [2.75, 3.05) is 7.11 Å². The van der Waals surface area contributed by atoms with Crippen LogP contribution in [-0.2, 0) is 14.3 Å². The predicted octanol–water partition coefficient (Wildman–Crippen LogP) is 3.06. The van der Waals surface area contributed by atoms with E-state index < -0.39 is 0 Å². The summed E-state index contributed by atoms with van der Waals surface area (Å²) in [4.78, 5) is 24.8. The summed E-state index contributed by atoms with van der Waals surface area (Å²) >= 11 is 0. The average molecular weight is 329 g/mol. The smallest absolute Gasteiger partial charge is 0.336 e. The van der Waals surface area contributed by atoms with Crippen LogP contribution in [0.2, 0.25) is 0 Å². The third kappa shape index (κ3) is 3.30. The Morgan fingerprint density at radius 1 is 1.21 bits per heavy atom. The molecule has 1 aromatic carbocycles. The molecule has 1 aliphatic carbocycles. The lowest BCUT2D eigenvalue weighted by atomic mass is 9.84. The summed E-state index contributed by atoms with van der Waals surface area (Å²) in [6, 6.07) is 7.51. The first-order valence-electron chi connectivity index (χ1n) is 8.44. The van der Waals surface area contributed by atoms with E-state index in [1.54, 1.807) is 14.0 Å². The van der Waals surface area contributed by atoms with Gasteiger partial charge in [0.05, 0.1) is 12.7 Å². The lowest BCUT2D eigenvalue weighted by Crippen LogP contribution is -2.35. The van der Waals surface area contributed by atoms with E-state index in [2.05, 4.69) is 5.32 Å². The highest BCUT2D eigenvalue weighted by Crippen LogP contribution is 2.38. The van der Waals surface area contributed by atoms with E-state index >= 15 is 0 Å². The van der Waals surface area contributed by atoms with Crippen molar-refractivity contribution in [1.29, 1.82) is 0 Å². The second kappa shape index (κ2) is 7.07. The highest BCUT2D eigenvalue weighted by Gasteiger charge is 2.35. The molecule has 1 saturated carbocycles. The van der Waals surface area contributed by atoms with Crippen LogP contribution in [0.3, 0.4) is 0 Å². The van der Waals surface area contributed by atoms with Crippen molar-refractivity contribution in [1.82, 2.24) is 5.32 Å². The van der Waals surface area contributed by atoms with E-state index in [-0.39, 0.29) is 30.3 Å². The Kier molecular flexibility index (Phi) is 4.88. The largest absolute Gasteiger partial charge is 0.496 e. The van der Waals surface area contributed by atoms with Crippen LogP contribution >= 0.6 is 0 Å². The number of carbonyl (C=O) groups excluding carboxylic acids is 2. The Balaban J connectivity index is 1.94. The van der Waals surface area contributed by atoms with Gasteiger partial charge in [0.1, 0.15) is 11.9 Å². The maximum atomic E-state index is 12.8. The van der Waals surface area contributed by atoms with Gasteiger partial charge in [-0.1, -0.05) is 18.2 Å². The quantitative estimate of drug-likeness (QED) is 0.862. The third-order valence-electron chi connectivity index (χ3n) is 4.78. The molecule has 0 radical (unpaired) electrons. The zero-order chi connectivity index (χ0) is 17.1. The molecule has 3 rings (SSSR count). The Hall–Kier alpha value is -2.30. The van der Waals surface area contributed by atoms with Crippen molar-refractivity contribution in [2.24, 2.45) is 0 Å². The van der Waals surface area contributed by atoms with E-state index in [9.17, 15) is 9.59 Å². The van der Waals surface area contributed by atoms with Crippen LogP contribution in [0.4, 0.5) is 0 Å². The number of rotatable bonds is 4. The number of nitrogens with one attached hydrogen (secondary N) is 1. The molecule has 0 bridgehead atoms. The highest BCUT2D eigenvalue weighted by atomic mass is 16.5. The Labute approximate surface area is 142 Å². The molecule has 5 nitrogen and oxygen atoms in total. The number of carbonyl (C=O) groups is 2. The molecule has 1 fully saturated rings. The number of ether oxygens (including phenoxy) is 2. The van der Waals surface area contributed by atoms with Crippen LogP contribution in [0, 0.1) is 0 Å². The monoisotopic (exact) mass is 329 g/mol. The number of hydrogen-bond acceptors (Lipinski definition) is 4. The Bertz CT molecular complexity index is 674. The molecule has 0 saturated heterocycles. The summed E-state index contributed by atoms with van der Waals surface area (Å²) in [5, 5.41) is 2.77. The molecule has 0 unspecified atom stereocenters. The molecule has 24 heavy (non-hydrogen) atoms. The van der Waals surface area contributed by atoms with Gasteiger partial charge in [0.25, 0.3) is 0 Å². The molecule has 2 aliphatic rings. The molecule has 1 aromatic rings. The summed E-state index contributed by atoms with van der Waals surface area (Å²) in [7, 11) is 1.59. The predicted molar refractivity (Wildman–Crippen MR) is 89.5 cm³/mol. The second-order valence-corrected chi connectivity index (χ2v) is 6.40. The molecule has 1 amide bonds. The molecule has 1 aliphatic heterocycles. The maximum Gasteiger partial charge on any atom is 0.336 e. The van der Waals surface area contributed by atoms with E-state index in [1.165, 1.54) is 0 Å². The number of para-hydroxylation sites is 1. The third-order valence-corrected chi connectivity index (χ3v) is 4.78. The summed E-state index contributed by atoms with van der Waals surface area (Å²) in [5.41, 5.74) is 1.95. The summed E-state index contributed by atoms with van der Waals surface area (Å²) < 4.78 is 11.1. The van der Waals surface area contributed by atoms with Crippen molar-refractivity contribution in [3.63, 3.8) is 0 Å². The molecule has 1 N–H and O–H groups in total. The molecule has 1 atom stereocenters. The number of hydrogen-bond donors (Lipinski definition) is 1. The molecular weight excluding hydrogens is 306 g/mol. The zero-order valence-corrected chi connectivity index (χ0v) is 14.1. The zero-order valence-electron chi connectivity index (χ0n) is 14.1. The van der Waals surface area contributed by atoms with Crippen LogP contribution in [0.15, 0.2) is 35.5 Å². The van der Waals surface area contributed by atoms with Gasteiger partial charge in [0, 0.05) is 23.6 Å². The van der Waals surface area contributed by atoms with Crippen molar-refractivity contribution in [2.45, 2.75) is 51.0 Å². The van der Waals surface area contributed by atoms with Crippen LogP contribution < -0.4 is 10.1 Å². The number of benzene rings is 1. The number of allylic oxidation sites excluding steroid dienone is 1. The maximum absolute atomic E-state index is 12.8. The van der Waals surface area contributed by atoms with Crippen LogP contribution in [0.25, 0.3) is 0 Å². The van der Waals surface area contributed by atoms with Crippen molar-refractivity contribution in [3.8, 4) is 5.75 Å². The first-order chi connectivity index (χ1) is 11.6. The fourth-order valence-electron chi connectivity index (χ4n) is 3.61. The molecule has 5 heteroatoms. The van der Waals surface area contributed by atoms with Gasteiger partial charge in [0.15, 0.2) is 0 Å². The van der Waals surface area contributed by atoms with Gasteiger partial charge < -0.3 is 14.8 Å². The minimum atomic E-state index is -0.344. The second-order valence-electron chi connectivity index (χ2n) is 6.40. The number of amides is 1. The van der Waals surface area contributed by atoms with E-state index in [0.717, 1.165) is 31.2 Å². The SMILES string of the molecule is COc1ccccc1[C@@H]1CC(=O)NC(C)=C1C(=O)OC1CCCC1. The van der Waals surface area contributed by atoms with E-state index in [4.69, 9.17) is 9.47 Å². The van der Waals surface area contributed by atoms with Crippen LogP contribution in [-0.4, -0.2) is 25.1 Å². The van der Waals surface area contributed by atoms with E-state index in [1.807, 2.05) is 24.3 Å². The summed E-state index contributed by atoms with van der Waals surface area (Å²) in [6.45, 7) is 1.75. The topological polar surface area (TPSA) is 64.6 Å². The van der Waals surface area contributed by atoms with Crippen molar-refractivity contribution in [3.05, 3.63) is 41.1 Å². The fourth-order valence-corrected chi connectivity index (χ4v) is 3.61. The Morgan fingerprint density at radius 3 is 2.62 bits per heavy atom. The summed E-state index contributed by atoms with van der Waals surface area (Å²) in [5.74, 6) is -0.0869. The first-order valence-corrected chi connectivity index (χ1v) is 8.44. The van der Waals surface area contributed by atoms with Gasteiger partial charge in [0.2, 0.25) is 5.91 Å². The first kappa shape index (κ1) is 16.6. The minimum absolute atomic E-state index is 0.00579. The highest BCUT2D eigenvalue weighted by molar-refractivity contribution is 5.96. The van der Waals surface area contributed by atoms with Gasteiger partial charge in [-0.05, 0) is 38.7 Å². The molecule has 0 spiro atoms. The van der Waals surface area contributed by atoms with Gasteiger partial charge in [-0.2, -0.15) is 0 Å². The number of methoxy groups -OCH3 is 1. The van der Waals surface area contributed by atoms with Gasteiger partial charge in [-0.15, -0.1) is 0 Å². The van der Waals surface area contributed by atoms with Gasteiger partial charge in [-0.25, -0.2) is 4.79 Å². The van der Waals surface area contributed by atoms with E-state index in [0.29, 0.717) is 17.0 Å². The minimum Gasteiger partial charge on any atom is -0.496 e. The lowest BCUT2D eigenvalue weighted by molar-refractivity contribution is -0.144. The average Bonchev–Trinajstić information content (AvgIpc) is 3.06. The van der Waals surface area contributed by atoms with Gasteiger partial charge in [-0.3, -0.25) is 4.79 Å². The number of esters is 1. The summed E-state index contributed by atoms with van der Waals surface area (Å²) in [6.07, 6.45) is 4.25. The molecular formula is C19H23NO4. The lowest BCUT2D eigenvalue weighted by Gasteiger charge is -2.28. The normalized spacial score (nSPS) is 21.6. The van der Waals surface area contributed by atoms with Crippen molar-refractivity contribution < 1.29 is 19.1 Å².